The van der Waals surface area contributed by atoms with E-state index in [1.54, 1.807) is 0 Å². The zero-order valence-corrected chi connectivity index (χ0v) is 9.59. The van der Waals surface area contributed by atoms with Crippen LogP contribution in [-0.4, -0.2) is 4.98 Å². The SMILES string of the molecule is C=CC(C)(C)c1c[nH]c2cc(C)ccc12. The largest absolute Gasteiger partial charge is 0.361 e. The Morgan fingerprint density at radius 1 is 1.33 bits per heavy atom. The van der Waals surface area contributed by atoms with Crippen LogP contribution in [0.5, 0.6) is 0 Å². The number of aromatic amines is 1. The minimum atomic E-state index is 0.0213. The second-order valence-corrected chi connectivity index (χ2v) is 4.68. The second kappa shape index (κ2) is 3.27. The van der Waals surface area contributed by atoms with Crippen LogP contribution in [0.3, 0.4) is 0 Å². The highest BCUT2D eigenvalue weighted by Crippen LogP contribution is 2.31. The van der Waals surface area contributed by atoms with Gasteiger partial charge >= 0.3 is 0 Å². The molecule has 0 saturated heterocycles. The Hall–Kier alpha value is -1.50. The highest BCUT2D eigenvalue weighted by molar-refractivity contribution is 5.85. The van der Waals surface area contributed by atoms with Gasteiger partial charge in [-0.25, -0.2) is 0 Å². The molecule has 0 atom stereocenters. The van der Waals surface area contributed by atoms with E-state index in [9.17, 15) is 0 Å². The van der Waals surface area contributed by atoms with E-state index in [1.807, 2.05) is 6.08 Å². The van der Waals surface area contributed by atoms with Crippen LogP contribution < -0.4 is 0 Å². The number of H-pyrrole nitrogens is 1. The van der Waals surface area contributed by atoms with Gasteiger partial charge in [-0.2, -0.15) is 0 Å². The van der Waals surface area contributed by atoms with Gasteiger partial charge in [0.2, 0.25) is 0 Å². The van der Waals surface area contributed by atoms with Crippen molar-refractivity contribution in [3.05, 3.63) is 48.2 Å². The maximum atomic E-state index is 3.90. The number of allylic oxidation sites excluding steroid dienone is 1. The summed E-state index contributed by atoms with van der Waals surface area (Å²) < 4.78 is 0. The summed E-state index contributed by atoms with van der Waals surface area (Å²) >= 11 is 0. The molecular formula is C14H17N. The monoisotopic (exact) mass is 199 g/mol. The molecule has 0 aliphatic carbocycles. The molecule has 1 heterocycles. The number of benzene rings is 1. The standard InChI is InChI=1S/C14H17N/c1-5-14(3,4)12-9-15-13-8-10(2)6-7-11(12)13/h5-9,15H,1H2,2-4H3. The lowest BCUT2D eigenvalue weighted by Gasteiger charge is -2.18. The summed E-state index contributed by atoms with van der Waals surface area (Å²) in [5, 5.41) is 1.30. The van der Waals surface area contributed by atoms with Gasteiger partial charge in [0, 0.05) is 22.5 Å². The van der Waals surface area contributed by atoms with E-state index in [0.29, 0.717) is 0 Å². The highest BCUT2D eigenvalue weighted by Gasteiger charge is 2.19. The van der Waals surface area contributed by atoms with E-state index < -0.39 is 0 Å². The molecule has 0 radical (unpaired) electrons. The second-order valence-electron chi connectivity index (χ2n) is 4.68. The molecule has 15 heavy (non-hydrogen) atoms. The van der Waals surface area contributed by atoms with E-state index in [0.717, 1.165) is 0 Å². The molecule has 1 aromatic carbocycles. The molecule has 2 rings (SSSR count). The molecule has 0 spiro atoms. The molecule has 0 fully saturated rings. The fraction of sp³-hybridized carbons (Fsp3) is 0.286. The lowest BCUT2D eigenvalue weighted by molar-refractivity contribution is 0.678. The van der Waals surface area contributed by atoms with Crippen LogP contribution in [0.1, 0.15) is 25.0 Å². The molecule has 78 valence electrons. The van der Waals surface area contributed by atoms with Crippen molar-refractivity contribution < 1.29 is 0 Å². The van der Waals surface area contributed by atoms with Crippen molar-refractivity contribution in [2.45, 2.75) is 26.2 Å². The third-order valence-corrected chi connectivity index (χ3v) is 3.04. The smallest absolute Gasteiger partial charge is 0.0459 e. The van der Waals surface area contributed by atoms with Crippen LogP contribution >= 0.6 is 0 Å². The Bertz CT molecular complexity index is 503. The Balaban J connectivity index is 2.69. The minimum absolute atomic E-state index is 0.0213. The third-order valence-electron chi connectivity index (χ3n) is 3.04. The molecule has 0 aliphatic rings. The summed E-state index contributed by atoms with van der Waals surface area (Å²) in [6.07, 6.45) is 4.08. The van der Waals surface area contributed by atoms with Crippen LogP contribution in [0.25, 0.3) is 10.9 Å². The van der Waals surface area contributed by atoms with E-state index in [4.69, 9.17) is 0 Å². The first-order valence-electron chi connectivity index (χ1n) is 5.26. The topological polar surface area (TPSA) is 15.8 Å². The van der Waals surface area contributed by atoms with Crippen molar-refractivity contribution in [1.29, 1.82) is 0 Å². The van der Waals surface area contributed by atoms with Gasteiger partial charge in [0.25, 0.3) is 0 Å². The number of aromatic nitrogens is 1. The van der Waals surface area contributed by atoms with Crippen molar-refractivity contribution in [2.75, 3.05) is 0 Å². The van der Waals surface area contributed by atoms with Crippen molar-refractivity contribution in [1.82, 2.24) is 4.98 Å². The van der Waals surface area contributed by atoms with Crippen molar-refractivity contribution in [3.8, 4) is 0 Å². The maximum absolute atomic E-state index is 3.90. The molecular weight excluding hydrogens is 182 g/mol. The third kappa shape index (κ3) is 1.58. The van der Waals surface area contributed by atoms with Crippen LogP contribution in [0.2, 0.25) is 0 Å². The normalized spacial score (nSPS) is 11.9. The first kappa shape index (κ1) is 10.0. The Morgan fingerprint density at radius 3 is 2.73 bits per heavy atom. The van der Waals surface area contributed by atoms with E-state index in [2.05, 4.69) is 56.7 Å². The quantitative estimate of drug-likeness (QED) is 0.705. The summed E-state index contributed by atoms with van der Waals surface area (Å²) in [7, 11) is 0. The number of rotatable bonds is 2. The van der Waals surface area contributed by atoms with Crippen molar-refractivity contribution >= 4 is 10.9 Å². The van der Waals surface area contributed by atoms with Gasteiger partial charge in [0.15, 0.2) is 0 Å². The molecule has 0 bridgehead atoms. The van der Waals surface area contributed by atoms with Crippen LogP contribution in [-0.2, 0) is 5.41 Å². The molecule has 0 amide bonds. The summed E-state index contributed by atoms with van der Waals surface area (Å²) in [6.45, 7) is 10.4. The predicted octanol–water partition coefficient (Wildman–Crippen LogP) is 3.94. The number of hydrogen-bond acceptors (Lipinski definition) is 0. The number of fused-ring (bicyclic) bond motifs is 1. The molecule has 0 saturated carbocycles. The molecule has 2 aromatic rings. The number of nitrogens with one attached hydrogen (secondary N) is 1. The Morgan fingerprint density at radius 2 is 2.07 bits per heavy atom. The zero-order valence-electron chi connectivity index (χ0n) is 9.59. The lowest BCUT2D eigenvalue weighted by atomic mass is 9.85. The first-order chi connectivity index (χ1) is 7.04. The summed E-state index contributed by atoms with van der Waals surface area (Å²) in [4.78, 5) is 3.32. The minimum Gasteiger partial charge on any atom is -0.361 e. The van der Waals surface area contributed by atoms with Gasteiger partial charge in [-0.05, 0) is 24.1 Å². The highest BCUT2D eigenvalue weighted by atomic mass is 14.7. The molecule has 0 aliphatic heterocycles. The molecule has 1 heteroatoms. The van der Waals surface area contributed by atoms with E-state index in [1.165, 1.54) is 22.0 Å². The molecule has 1 nitrogen and oxygen atoms in total. The van der Waals surface area contributed by atoms with Crippen LogP contribution in [0.15, 0.2) is 37.1 Å². The van der Waals surface area contributed by atoms with Crippen molar-refractivity contribution in [2.24, 2.45) is 0 Å². The van der Waals surface area contributed by atoms with Crippen molar-refractivity contribution in [3.63, 3.8) is 0 Å². The summed E-state index contributed by atoms with van der Waals surface area (Å²) in [6, 6.07) is 6.51. The van der Waals surface area contributed by atoms with E-state index >= 15 is 0 Å². The van der Waals surface area contributed by atoms with Gasteiger partial charge in [-0.1, -0.05) is 32.1 Å². The van der Waals surface area contributed by atoms with Gasteiger partial charge in [-0.15, -0.1) is 6.58 Å². The van der Waals surface area contributed by atoms with Gasteiger partial charge in [0.1, 0.15) is 0 Å². The molecule has 1 aromatic heterocycles. The summed E-state index contributed by atoms with van der Waals surface area (Å²) in [5.41, 5.74) is 3.83. The molecule has 0 unspecified atom stereocenters. The number of aryl methyl sites for hydroxylation is 1. The maximum Gasteiger partial charge on any atom is 0.0459 e. The zero-order chi connectivity index (χ0) is 11.1. The Kier molecular flexibility index (Phi) is 2.18. The van der Waals surface area contributed by atoms with Gasteiger partial charge in [0.05, 0.1) is 0 Å². The van der Waals surface area contributed by atoms with Crippen LogP contribution in [0, 0.1) is 6.92 Å². The van der Waals surface area contributed by atoms with E-state index in [-0.39, 0.29) is 5.41 Å². The number of hydrogen-bond donors (Lipinski definition) is 1. The summed E-state index contributed by atoms with van der Waals surface area (Å²) in [5.74, 6) is 0. The van der Waals surface area contributed by atoms with Gasteiger partial charge in [-0.3, -0.25) is 0 Å². The first-order valence-corrected chi connectivity index (χ1v) is 5.26. The van der Waals surface area contributed by atoms with Crippen LogP contribution in [0.4, 0.5) is 0 Å². The average molecular weight is 199 g/mol. The van der Waals surface area contributed by atoms with Gasteiger partial charge < -0.3 is 4.98 Å². The fourth-order valence-electron chi connectivity index (χ4n) is 1.88. The predicted molar refractivity (Wildman–Crippen MR) is 66.3 cm³/mol. The fourth-order valence-corrected chi connectivity index (χ4v) is 1.88. The molecule has 1 N–H and O–H groups in total. The lowest BCUT2D eigenvalue weighted by Crippen LogP contribution is -2.11. The Labute approximate surface area is 90.8 Å². The average Bonchev–Trinajstić information content (AvgIpc) is 2.61.